The minimum Gasteiger partial charge on any atom is -0.469 e. The third-order valence-corrected chi connectivity index (χ3v) is 4.58. The molecule has 0 aromatic heterocycles. The lowest BCUT2D eigenvalue weighted by Crippen LogP contribution is -2.49. The molecule has 29 heavy (non-hydrogen) atoms. The van der Waals surface area contributed by atoms with Gasteiger partial charge in [-0.2, -0.15) is 5.06 Å². The molecule has 2 rings (SSSR count). The van der Waals surface area contributed by atoms with E-state index in [4.69, 9.17) is 14.3 Å². The van der Waals surface area contributed by atoms with Crippen LogP contribution in [0.3, 0.4) is 0 Å². The molecular formula is C23H29NO5. The van der Waals surface area contributed by atoms with Crippen LogP contribution in [0.5, 0.6) is 0 Å². The summed E-state index contributed by atoms with van der Waals surface area (Å²) in [6.45, 7) is 2.82. The molecule has 0 spiro atoms. The SMILES string of the molecule is CCCC(CC(=O)OC)(ON(Cc1ccccc1)Cc1ccccc1)C(=O)OC. The van der Waals surface area contributed by atoms with Gasteiger partial charge >= 0.3 is 11.9 Å². The van der Waals surface area contributed by atoms with Crippen LogP contribution < -0.4 is 0 Å². The molecule has 0 heterocycles. The van der Waals surface area contributed by atoms with Gasteiger partial charge in [-0.05, 0) is 17.5 Å². The van der Waals surface area contributed by atoms with Gasteiger partial charge in [0.25, 0.3) is 0 Å². The van der Waals surface area contributed by atoms with E-state index < -0.39 is 17.5 Å². The lowest BCUT2D eigenvalue weighted by atomic mass is 9.94. The Morgan fingerprint density at radius 1 is 0.862 bits per heavy atom. The maximum Gasteiger partial charge on any atom is 0.340 e. The summed E-state index contributed by atoms with van der Waals surface area (Å²) in [5, 5.41) is 1.71. The number of esters is 2. The zero-order chi connectivity index (χ0) is 21.1. The van der Waals surface area contributed by atoms with Gasteiger partial charge in [-0.1, -0.05) is 74.0 Å². The minimum atomic E-state index is -1.44. The molecule has 0 aliphatic rings. The van der Waals surface area contributed by atoms with Crippen LogP contribution in [0.15, 0.2) is 60.7 Å². The number of hydrogen-bond donors (Lipinski definition) is 0. The van der Waals surface area contributed by atoms with Crippen LogP contribution in [-0.4, -0.2) is 36.8 Å². The molecular weight excluding hydrogens is 370 g/mol. The standard InChI is InChI=1S/C23H29NO5/c1-4-15-23(22(26)28-3,16-21(25)27-2)29-24(17-19-11-7-5-8-12-19)18-20-13-9-6-10-14-20/h5-14H,4,15-18H2,1-3H3. The number of hydroxylamine groups is 2. The van der Waals surface area contributed by atoms with Crippen LogP contribution >= 0.6 is 0 Å². The molecule has 0 amide bonds. The molecule has 0 aliphatic carbocycles. The average molecular weight is 399 g/mol. The van der Waals surface area contributed by atoms with Gasteiger partial charge in [-0.15, -0.1) is 0 Å². The van der Waals surface area contributed by atoms with Gasteiger partial charge < -0.3 is 9.47 Å². The molecule has 1 atom stereocenters. The third-order valence-electron chi connectivity index (χ3n) is 4.58. The first-order valence-electron chi connectivity index (χ1n) is 9.70. The number of carbonyl (C=O) groups is 2. The maximum absolute atomic E-state index is 12.7. The first-order valence-corrected chi connectivity index (χ1v) is 9.70. The van der Waals surface area contributed by atoms with Crippen LogP contribution in [0.1, 0.15) is 37.3 Å². The van der Waals surface area contributed by atoms with E-state index >= 15 is 0 Å². The number of nitrogens with zero attached hydrogens (tertiary/aromatic N) is 1. The summed E-state index contributed by atoms with van der Waals surface area (Å²) in [7, 11) is 2.59. The van der Waals surface area contributed by atoms with Gasteiger partial charge in [-0.25, -0.2) is 4.79 Å². The Morgan fingerprint density at radius 2 is 1.38 bits per heavy atom. The molecule has 156 valence electrons. The average Bonchev–Trinajstić information content (AvgIpc) is 2.74. The highest BCUT2D eigenvalue weighted by Gasteiger charge is 2.45. The van der Waals surface area contributed by atoms with Crippen LogP contribution in [0.4, 0.5) is 0 Å². The van der Waals surface area contributed by atoms with Crippen molar-refractivity contribution in [2.24, 2.45) is 0 Å². The van der Waals surface area contributed by atoms with Crippen molar-refractivity contribution in [3.63, 3.8) is 0 Å². The van der Waals surface area contributed by atoms with Crippen molar-refractivity contribution in [1.82, 2.24) is 5.06 Å². The molecule has 0 saturated carbocycles. The molecule has 0 aliphatic heterocycles. The van der Waals surface area contributed by atoms with Crippen LogP contribution in [-0.2, 0) is 37.0 Å². The fourth-order valence-electron chi connectivity index (χ4n) is 3.21. The summed E-state index contributed by atoms with van der Waals surface area (Å²) < 4.78 is 9.84. The molecule has 6 heteroatoms. The normalized spacial score (nSPS) is 13.0. The van der Waals surface area contributed by atoms with Crippen molar-refractivity contribution >= 4 is 11.9 Å². The smallest absolute Gasteiger partial charge is 0.340 e. The Bertz CT molecular complexity index is 724. The molecule has 6 nitrogen and oxygen atoms in total. The Kier molecular flexibility index (Phi) is 8.83. The molecule has 1 unspecified atom stereocenters. The highest BCUT2D eigenvalue weighted by molar-refractivity contribution is 5.85. The van der Waals surface area contributed by atoms with Gasteiger partial charge in [-0.3, -0.25) is 9.63 Å². The van der Waals surface area contributed by atoms with Gasteiger partial charge in [0.05, 0.1) is 20.6 Å². The Balaban J connectivity index is 2.35. The van der Waals surface area contributed by atoms with E-state index in [1.165, 1.54) is 14.2 Å². The lowest BCUT2D eigenvalue weighted by Gasteiger charge is -2.35. The number of methoxy groups -OCH3 is 2. The monoisotopic (exact) mass is 399 g/mol. The summed E-state index contributed by atoms with van der Waals surface area (Å²) >= 11 is 0. The van der Waals surface area contributed by atoms with Gasteiger partial charge in [0.15, 0.2) is 5.60 Å². The predicted molar refractivity (Wildman–Crippen MR) is 110 cm³/mol. The first-order chi connectivity index (χ1) is 14.0. The largest absolute Gasteiger partial charge is 0.469 e. The van der Waals surface area contributed by atoms with Crippen molar-refractivity contribution in [2.75, 3.05) is 14.2 Å². The van der Waals surface area contributed by atoms with Crippen LogP contribution in [0.25, 0.3) is 0 Å². The number of ether oxygens (including phenoxy) is 2. The fraction of sp³-hybridized carbons (Fsp3) is 0.391. The van der Waals surface area contributed by atoms with E-state index in [0.717, 1.165) is 11.1 Å². The summed E-state index contributed by atoms with van der Waals surface area (Å²) in [4.78, 5) is 31.1. The summed E-state index contributed by atoms with van der Waals surface area (Å²) in [6.07, 6.45) is 0.746. The van der Waals surface area contributed by atoms with E-state index in [1.807, 2.05) is 67.6 Å². The van der Waals surface area contributed by atoms with E-state index in [9.17, 15) is 9.59 Å². The van der Waals surface area contributed by atoms with E-state index in [2.05, 4.69) is 0 Å². The second-order valence-electron chi connectivity index (χ2n) is 6.85. The maximum atomic E-state index is 12.7. The zero-order valence-corrected chi connectivity index (χ0v) is 17.3. The number of carbonyl (C=O) groups excluding carboxylic acids is 2. The van der Waals surface area contributed by atoms with Crippen molar-refractivity contribution in [1.29, 1.82) is 0 Å². The molecule has 0 radical (unpaired) electrons. The van der Waals surface area contributed by atoms with Crippen molar-refractivity contribution in [3.8, 4) is 0 Å². The van der Waals surface area contributed by atoms with Crippen LogP contribution in [0, 0.1) is 0 Å². The highest BCUT2D eigenvalue weighted by atomic mass is 16.7. The topological polar surface area (TPSA) is 65.1 Å². The van der Waals surface area contributed by atoms with Gasteiger partial charge in [0, 0.05) is 13.1 Å². The van der Waals surface area contributed by atoms with Crippen LogP contribution in [0.2, 0.25) is 0 Å². The predicted octanol–water partition coefficient (Wildman–Crippen LogP) is 3.90. The Morgan fingerprint density at radius 3 is 1.79 bits per heavy atom. The highest BCUT2D eigenvalue weighted by Crippen LogP contribution is 2.28. The van der Waals surface area contributed by atoms with E-state index in [1.54, 1.807) is 5.06 Å². The summed E-state index contributed by atoms with van der Waals surface area (Å²) in [5.74, 6) is -1.11. The van der Waals surface area contributed by atoms with Gasteiger partial charge in [0.2, 0.25) is 0 Å². The Labute approximate surface area is 172 Å². The molecule has 0 N–H and O–H groups in total. The summed E-state index contributed by atoms with van der Waals surface area (Å²) in [5.41, 5.74) is 0.605. The van der Waals surface area contributed by atoms with Crippen molar-refractivity contribution in [2.45, 2.75) is 44.9 Å². The zero-order valence-electron chi connectivity index (χ0n) is 17.3. The third kappa shape index (κ3) is 6.69. The minimum absolute atomic E-state index is 0.218. The fourth-order valence-corrected chi connectivity index (χ4v) is 3.21. The van der Waals surface area contributed by atoms with Crippen molar-refractivity contribution < 1.29 is 23.9 Å². The molecule has 0 saturated heterocycles. The molecule has 0 fully saturated rings. The van der Waals surface area contributed by atoms with Crippen molar-refractivity contribution in [3.05, 3.63) is 71.8 Å². The van der Waals surface area contributed by atoms with Gasteiger partial charge in [0.1, 0.15) is 0 Å². The summed E-state index contributed by atoms with van der Waals surface area (Å²) in [6, 6.07) is 19.6. The number of benzene rings is 2. The second kappa shape index (κ2) is 11.3. The number of rotatable bonds is 11. The quantitative estimate of drug-likeness (QED) is 0.422. The molecule has 2 aromatic rings. The van der Waals surface area contributed by atoms with E-state index in [0.29, 0.717) is 25.9 Å². The Hall–Kier alpha value is -2.70. The molecule has 0 bridgehead atoms. The van der Waals surface area contributed by atoms with E-state index in [-0.39, 0.29) is 6.42 Å². The number of hydrogen-bond acceptors (Lipinski definition) is 6. The first kappa shape index (κ1) is 22.6. The lowest BCUT2D eigenvalue weighted by molar-refractivity contribution is -0.265. The second-order valence-corrected chi connectivity index (χ2v) is 6.85. The molecule has 2 aromatic carbocycles.